The summed E-state index contributed by atoms with van der Waals surface area (Å²) in [6, 6.07) is 1.80. The Morgan fingerprint density at radius 3 is 2.82 bits per heavy atom. The van der Waals surface area contributed by atoms with Crippen LogP contribution in [0.15, 0.2) is 24.4 Å². The van der Waals surface area contributed by atoms with Crippen LogP contribution in [0.4, 0.5) is 13.2 Å². The first-order valence-electron chi connectivity index (χ1n) is 4.70. The third-order valence-corrected chi connectivity index (χ3v) is 1.91. The van der Waals surface area contributed by atoms with Gasteiger partial charge in [-0.2, -0.15) is 13.2 Å². The van der Waals surface area contributed by atoms with E-state index in [0.717, 1.165) is 18.3 Å². The van der Waals surface area contributed by atoms with Crippen LogP contribution in [0.25, 0.3) is 6.08 Å². The molecule has 1 rings (SSSR count). The van der Waals surface area contributed by atoms with E-state index in [4.69, 9.17) is 0 Å². The zero-order valence-electron chi connectivity index (χ0n) is 8.99. The average molecular weight is 245 g/mol. The molecule has 0 saturated heterocycles. The van der Waals surface area contributed by atoms with E-state index in [2.05, 4.69) is 9.72 Å². The number of halogens is 3. The Hall–Kier alpha value is -1.85. The monoisotopic (exact) mass is 245 g/mol. The van der Waals surface area contributed by atoms with E-state index < -0.39 is 17.7 Å². The van der Waals surface area contributed by atoms with Gasteiger partial charge in [0.1, 0.15) is 0 Å². The quantitative estimate of drug-likeness (QED) is 0.768. The van der Waals surface area contributed by atoms with Gasteiger partial charge in [-0.25, -0.2) is 0 Å². The number of pyridine rings is 1. The van der Waals surface area contributed by atoms with E-state index in [-0.39, 0.29) is 12.1 Å². The Balaban J connectivity index is 2.76. The number of carbonyl (C=O) groups is 1. The molecule has 0 saturated carbocycles. The highest BCUT2D eigenvalue weighted by Crippen LogP contribution is 2.29. The summed E-state index contributed by atoms with van der Waals surface area (Å²) >= 11 is 0. The molecule has 3 nitrogen and oxygen atoms in total. The molecule has 17 heavy (non-hydrogen) atoms. The van der Waals surface area contributed by atoms with E-state index in [1.165, 1.54) is 19.3 Å². The third-order valence-electron chi connectivity index (χ3n) is 1.91. The summed E-state index contributed by atoms with van der Waals surface area (Å²) in [5.74, 6) is -0.465. The van der Waals surface area contributed by atoms with Gasteiger partial charge in [-0.05, 0) is 18.2 Å². The molecule has 1 aromatic heterocycles. The molecule has 0 amide bonds. The highest BCUT2D eigenvalue weighted by molar-refractivity contribution is 5.72. The Labute approximate surface area is 95.9 Å². The average Bonchev–Trinajstić information content (AvgIpc) is 2.28. The summed E-state index contributed by atoms with van der Waals surface area (Å²) in [5.41, 5.74) is -0.631. The predicted molar refractivity (Wildman–Crippen MR) is 54.9 cm³/mol. The van der Waals surface area contributed by atoms with Crippen LogP contribution >= 0.6 is 0 Å². The van der Waals surface area contributed by atoms with Crippen molar-refractivity contribution in [1.29, 1.82) is 0 Å². The van der Waals surface area contributed by atoms with E-state index in [1.807, 2.05) is 0 Å². The number of aromatic nitrogens is 1. The van der Waals surface area contributed by atoms with Crippen molar-refractivity contribution in [3.05, 3.63) is 35.7 Å². The first kappa shape index (κ1) is 13.2. The minimum Gasteiger partial charge on any atom is -0.469 e. The van der Waals surface area contributed by atoms with Crippen molar-refractivity contribution in [3.63, 3.8) is 0 Å². The fourth-order valence-corrected chi connectivity index (χ4v) is 1.08. The van der Waals surface area contributed by atoms with Crippen molar-refractivity contribution in [2.45, 2.75) is 12.6 Å². The maximum absolute atomic E-state index is 12.3. The van der Waals surface area contributed by atoms with Crippen LogP contribution in [0.3, 0.4) is 0 Å². The molecule has 0 fully saturated rings. The Bertz CT molecular complexity index is 427. The van der Waals surface area contributed by atoms with E-state index in [9.17, 15) is 18.0 Å². The summed E-state index contributed by atoms with van der Waals surface area (Å²) in [4.78, 5) is 14.5. The molecule has 0 radical (unpaired) electrons. The highest BCUT2D eigenvalue weighted by atomic mass is 19.4. The fraction of sp³-hybridized carbons (Fsp3) is 0.273. The molecule has 1 heterocycles. The van der Waals surface area contributed by atoms with Gasteiger partial charge >= 0.3 is 12.1 Å². The molecule has 92 valence electrons. The molecule has 0 aliphatic rings. The summed E-state index contributed by atoms with van der Waals surface area (Å²) < 4.78 is 41.4. The molecule has 0 atom stereocenters. The summed E-state index contributed by atoms with van der Waals surface area (Å²) in [6.45, 7) is 0. The number of hydrogen-bond donors (Lipinski definition) is 0. The largest absolute Gasteiger partial charge is 0.469 e. The van der Waals surface area contributed by atoms with Crippen LogP contribution in [0, 0.1) is 0 Å². The van der Waals surface area contributed by atoms with Gasteiger partial charge in [0, 0.05) is 6.20 Å². The fourth-order valence-electron chi connectivity index (χ4n) is 1.08. The molecule has 0 unspecified atom stereocenters. The number of methoxy groups -OCH3 is 1. The van der Waals surface area contributed by atoms with Crippen molar-refractivity contribution in [1.82, 2.24) is 4.98 Å². The number of esters is 1. The number of carbonyl (C=O) groups excluding carboxylic acids is 1. The molecule has 0 N–H and O–H groups in total. The molecule has 0 aliphatic heterocycles. The molecule has 0 aromatic carbocycles. The minimum atomic E-state index is -4.39. The van der Waals surface area contributed by atoms with Crippen LogP contribution in [0.5, 0.6) is 0 Å². The topological polar surface area (TPSA) is 39.2 Å². The summed E-state index contributed by atoms with van der Waals surface area (Å²) in [6.07, 6.45) is -0.594. The van der Waals surface area contributed by atoms with Crippen molar-refractivity contribution in [2.75, 3.05) is 7.11 Å². The Kier molecular flexibility index (Phi) is 4.25. The first-order chi connectivity index (χ1) is 7.93. The normalized spacial score (nSPS) is 11.8. The minimum absolute atomic E-state index is 0.00553. The van der Waals surface area contributed by atoms with Gasteiger partial charge in [0.2, 0.25) is 0 Å². The second-order valence-corrected chi connectivity index (χ2v) is 3.15. The van der Waals surface area contributed by atoms with Gasteiger partial charge in [0.05, 0.1) is 24.8 Å². The molecule has 0 bridgehead atoms. The number of alkyl halides is 3. The SMILES string of the molecule is COC(=O)CC=Cc1cc(C(F)(F)F)ccn1. The summed E-state index contributed by atoms with van der Waals surface area (Å²) in [5, 5.41) is 0. The molecule has 0 aliphatic carbocycles. The van der Waals surface area contributed by atoms with E-state index in [1.54, 1.807) is 0 Å². The Morgan fingerprint density at radius 1 is 1.53 bits per heavy atom. The molecule has 6 heteroatoms. The molecular weight excluding hydrogens is 235 g/mol. The standard InChI is InChI=1S/C11H10F3NO2/c1-17-10(16)4-2-3-9-7-8(5-6-15-9)11(12,13)14/h2-3,5-7H,4H2,1H3. The lowest BCUT2D eigenvalue weighted by atomic mass is 10.2. The molecule has 1 aromatic rings. The highest BCUT2D eigenvalue weighted by Gasteiger charge is 2.30. The number of hydrogen-bond acceptors (Lipinski definition) is 3. The van der Waals surface area contributed by atoms with Crippen molar-refractivity contribution < 1.29 is 22.7 Å². The first-order valence-corrected chi connectivity index (χ1v) is 4.70. The second-order valence-electron chi connectivity index (χ2n) is 3.15. The van der Waals surface area contributed by atoms with Crippen molar-refractivity contribution in [3.8, 4) is 0 Å². The van der Waals surface area contributed by atoms with Crippen molar-refractivity contribution in [2.24, 2.45) is 0 Å². The molecule has 0 spiro atoms. The number of nitrogens with zero attached hydrogens (tertiary/aromatic N) is 1. The molecular formula is C11H10F3NO2. The number of ether oxygens (including phenoxy) is 1. The lowest BCUT2D eigenvalue weighted by molar-refractivity contribution is -0.139. The van der Waals surface area contributed by atoms with E-state index >= 15 is 0 Å². The zero-order chi connectivity index (χ0) is 12.9. The van der Waals surface area contributed by atoms with Gasteiger partial charge in [-0.15, -0.1) is 0 Å². The second kappa shape index (κ2) is 5.47. The van der Waals surface area contributed by atoms with Crippen LogP contribution in [0.1, 0.15) is 17.7 Å². The predicted octanol–water partition coefficient (Wildman–Crippen LogP) is 2.68. The maximum Gasteiger partial charge on any atom is 0.416 e. The zero-order valence-corrected chi connectivity index (χ0v) is 8.99. The Morgan fingerprint density at radius 2 is 2.24 bits per heavy atom. The summed E-state index contributed by atoms with van der Waals surface area (Å²) in [7, 11) is 1.23. The van der Waals surface area contributed by atoms with Gasteiger partial charge in [-0.3, -0.25) is 9.78 Å². The lowest BCUT2D eigenvalue weighted by Crippen LogP contribution is -2.05. The van der Waals surface area contributed by atoms with Crippen molar-refractivity contribution >= 4 is 12.0 Å². The van der Waals surface area contributed by atoms with Crippen LogP contribution in [0.2, 0.25) is 0 Å². The lowest BCUT2D eigenvalue weighted by Gasteiger charge is -2.05. The maximum atomic E-state index is 12.3. The van der Waals surface area contributed by atoms with Crippen LogP contribution in [-0.4, -0.2) is 18.1 Å². The van der Waals surface area contributed by atoms with Gasteiger partial charge in [0.15, 0.2) is 0 Å². The van der Waals surface area contributed by atoms with Gasteiger partial charge in [-0.1, -0.05) is 6.08 Å². The van der Waals surface area contributed by atoms with Gasteiger partial charge < -0.3 is 4.74 Å². The van der Waals surface area contributed by atoms with Gasteiger partial charge in [0.25, 0.3) is 0 Å². The van der Waals surface area contributed by atoms with E-state index in [0.29, 0.717) is 0 Å². The smallest absolute Gasteiger partial charge is 0.416 e. The van der Waals surface area contributed by atoms with Crippen LogP contribution in [-0.2, 0) is 15.7 Å². The number of rotatable bonds is 3. The third kappa shape index (κ3) is 4.26. The van der Waals surface area contributed by atoms with Crippen LogP contribution < -0.4 is 0 Å².